The van der Waals surface area contributed by atoms with E-state index in [9.17, 15) is 4.39 Å². The van der Waals surface area contributed by atoms with Gasteiger partial charge in [-0.3, -0.25) is 0 Å². The first-order valence-electron chi connectivity index (χ1n) is 9.33. The minimum absolute atomic E-state index is 0.154. The Morgan fingerprint density at radius 3 is 1.81 bits per heavy atom. The van der Waals surface area contributed by atoms with Gasteiger partial charge in [0.15, 0.2) is 11.5 Å². The molecule has 0 bridgehead atoms. The van der Waals surface area contributed by atoms with Crippen LogP contribution in [-0.2, 0) is 13.1 Å². The number of ether oxygens (including phenoxy) is 3. The minimum Gasteiger partial charge on any atom is -0.493 e. The van der Waals surface area contributed by atoms with Crippen molar-refractivity contribution in [3.63, 3.8) is 0 Å². The van der Waals surface area contributed by atoms with Crippen molar-refractivity contribution in [3.8, 4) is 17.2 Å². The molecule has 1 aliphatic rings. The average molecular weight is 376 g/mol. The van der Waals surface area contributed by atoms with E-state index in [0.29, 0.717) is 17.2 Å². The fourth-order valence-electron chi connectivity index (χ4n) is 3.77. The Morgan fingerprint density at radius 2 is 1.33 bits per heavy atom. The number of piperazine rings is 1. The highest BCUT2D eigenvalue weighted by Crippen LogP contribution is 2.37. The number of nitrogens with one attached hydrogen (secondary N) is 2. The van der Waals surface area contributed by atoms with Gasteiger partial charge in [0, 0.05) is 11.1 Å². The quantitative estimate of drug-likeness (QED) is 0.732. The zero-order chi connectivity index (χ0) is 19.2. The molecule has 146 valence electrons. The minimum atomic E-state index is -0.154. The molecule has 0 amide bonds. The lowest BCUT2D eigenvalue weighted by atomic mass is 10.1. The topological polar surface area (TPSA) is 36.6 Å². The van der Waals surface area contributed by atoms with Crippen molar-refractivity contribution in [2.75, 3.05) is 47.5 Å². The first kappa shape index (κ1) is 19.5. The van der Waals surface area contributed by atoms with Gasteiger partial charge in [0.25, 0.3) is 0 Å². The maximum absolute atomic E-state index is 13.4. The second-order valence-corrected chi connectivity index (χ2v) is 7.02. The number of halogens is 1. The predicted octanol–water partition coefficient (Wildman–Crippen LogP) is 0.335. The highest BCUT2D eigenvalue weighted by Gasteiger charge is 2.24. The normalized spacial score (nSPS) is 19.6. The third-order valence-corrected chi connectivity index (χ3v) is 5.19. The Morgan fingerprint density at radius 1 is 0.778 bits per heavy atom. The Balaban J connectivity index is 1.59. The first-order valence-corrected chi connectivity index (χ1v) is 9.33. The Kier molecular flexibility index (Phi) is 6.53. The smallest absolute Gasteiger partial charge is 0.203 e. The van der Waals surface area contributed by atoms with Gasteiger partial charge in [-0.25, -0.2) is 4.39 Å². The van der Waals surface area contributed by atoms with Gasteiger partial charge in [-0.15, -0.1) is 0 Å². The van der Waals surface area contributed by atoms with Gasteiger partial charge in [0.2, 0.25) is 5.75 Å². The van der Waals surface area contributed by atoms with Crippen LogP contribution in [0, 0.1) is 5.82 Å². The summed E-state index contributed by atoms with van der Waals surface area (Å²) in [4.78, 5) is 3.04. The molecule has 2 aromatic rings. The van der Waals surface area contributed by atoms with Crippen molar-refractivity contribution in [2.45, 2.75) is 13.1 Å². The molecular weight excluding hydrogens is 347 g/mol. The number of methoxy groups -OCH3 is 3. The monoisotopic (exact) mass is 376 g/mol. The molecule has 2 aromatic carbocycles. The average Bonchev–Trinajstić information content (AvgIpc) is 2.68. The van der Waals surface area contributed by atoms with Crippen LogP contribution in [0.25, 0.3) is 0 Å². The van der Waals surface area contributed by atoms with Crippen molar-refractivity contribution in [2.24, 2.45) is 0 Å². The van der Waals surface area contributed by atoms with Crippen molar-refractivity contribution in [1.29, 1.82) is 0 Å². The summed E-state index contributed by atoms with van der Waals surface area (Å²) >= 11 is 0. The Labute approximate surface area is 160 Å². The molecule has 0 aliphatic carbocycles. The maximum Gasteiger partial charge on any atom is 0.203 e. The first-order chi connectivity index (χ1) is 13.1. The molecule has 3 rings (SSSR count). The van der Waals surface area contributed by atoms with E-state index in [1.54, 1.807) is 33.5 Å². The third kappa shape index (κ3) is 4.90. The molecule has 5 nitrogen and oxygen atoms in total. The Hall–Kier alpha value is -2.31. The summed E-state index contributed by atoms with van der Waals surface area (Å²) < 4.78 is 29.7. The van der Waals surface area contributed by atoms with Gasteiger partial charge in [0.05, 0.1) is 21.3 Å². The van der Waals surface area contributed by atoms with Crippen molar-refractivity contribution < 1.29 is 28.4 Å². The lowest BCUT2D eigenvalue weighted by molar-refractivity contribution is -1.02. The standard InChI is InChI=1S/C21H27FN2O3/c1-25-19-12-17(13-20(26-2)21(19)27-3)15-24-9-7-23(8-10-24)14-16-5-4-6-18(22)11-16/h4-6,11-13H,7-10,14-15H2,1-3H3/p+2. The van der Waals surface area contributed by atoms with E-state index in [-0.39, 0.29) is 5.82 Å². The lowest BCUT2D eigenvalue weighted by Crippen LogP contribution is -3.27. The molecule has 1 fully saturated rings. The summed E-state index contributed by atoms with van der Waals surface area (Å²) in [5.74, 6) is 1.87. The molecule has 0 radical (unpaired) electrons. The molecule has 1 aliphatic heterocycles. The summed E-state index contributed by atoms with van der Waals surface area (Å²) in [6, 6.07) is 11.0. The SMILES string of the molecule is COc1cc(C[NH+]2CC[NH+](Cc3cccc(F)c3)CC2)cc(OC)c1OC. The fraction of sp³-hybridized carbons (Fsp3) is 0.429. The predicted molar refractivity (Wildman–Crippen MR) is 101 cm³/mol. The summed E-state index contributed by atoms with van der Waals surface area (Å²) in [5.41, 5.74) is 2.24. The second-order valence-electron chi connectivity index (χ2n) is 7.02. The molecule has 0 atom stereocenters. The molecule has 6 heteroatoms. The van der Waals surface area contributed by atoms with E-state index in [1.165, 1.54) is 21.4 Å². The Bertz CT molecular complexity index is 736. The molecule has 2 N–H and O–H groups in total. The number of hydrogen-bond donors (Lipinski definition) is 2. The largest absolute Gasteiger partial charge is 0.493 e. The van der Waals surface area contributed by atoms with E-state index in [0.717, 1.165) is 44.8 Å². The zero-order valence-electron chi connectivity index (χ0n) is 16.3. The van der Waals surface area contributed by atoms with E-state index in [4.69, 9.17) is 14.2 Å². The van der Waals surface area contributed by atoms with Crippen LogP contribution in [0.15, 0.2) is 36.4 Å². The van der Waals surface area contributed by atoms with E-state index >= 15 is 0 Å². The van der Waals surface area contributed by atoms with Crippen molar-refractivity contribution >= 4 is 0 Å². The maximum atomic E-state index is 13.4. The number of quaternary nitrogens is 2. The summed E-state index contributed by atoms with van der Waals surface area (Å²) in [5, 5.41) is 0. The number of rotatable bonds is 7. The second kappa shape index (κ2) is 9.06. The zero-order valence-corrected chi connectivity index (χ0v) is 16.3. The van der Waals surface area contributed by atoms with E-state index < -0.39 is 0 Å². The van der Waals surface area contributed by atoms with Gasteiger partial charge in [0.1, 0.15) is 45.1 Å². The van der Waals surface area contributed by atoms with Crippen molar-refractivity contribution in [1.82, 2.24) is 0 Å². The molecule has 27 heavy (non-hydrogen) atoms. The van der Waals surface area contributed by atoms with Crippen LogP contribution in [0.5, 0.6) is 17.2 Å². The molecule has 0 saturated carbocycles. The van der Waals surface area contributed by atoms with Crippen LogP contribution in [-0.4, -0.2) is 47.5 Å². The van der Waals surface area contributed by atoms with Gasteiger partial charge in [-0.2, -0.15) is 0 Å². The molecule has 0 aromatic heterocycles. The van der Waals surface area contributed by atoms with Crippen LogP contribution in [0.4, 0.5) is 4.39 Å². The van der Waals surface area contributed by atoms with E-state index in [1.807, 2.05) is 18.2 Å². The molecule has 0 unspecified atom stereocenters. The molecular formula is C21H29FN2O3+2. The lowest BCUT2D eigenvalue weighted by Gasteiger charge is -2.30. The van der Waals surface area contributed by atoms with Gasteiger partial charge < -0.3 is 24.0 Å². The third-order valence-electron chi connectivity index (χ3n) is 5.19. The van der Waals surface area contributed by atoms with Crippen LogP contribution in [0.1, 0.15) is 11.1 Å². The van der Waals surface area contributed by atoms with Crippen molar-refractivity contribution in [3.05, 3.63) is 53.3 Å². The summed E-state index contributed by atoms with van der Waals surface area (Å²) in [6.45, 7) is 6.13. The van der Waals surface area contributed by atoms with Crippen LogP contribution >= 0.6 is 0 Å². The number of hydrogen-bond acceptors (Lipinski definition) is 3. The molecule has 1 heterocycles. The van der Waals surface area contributed by atoms with Gasteiger partial charge >= 0.3 is 0 Å². The highest BCUT2D eigenvalue weighted by atomic mass is 19.1. The number of benzene rings is 2. The fourth-order valence-corrected chi connectivity index (χ4v) is 3.77. The van der Waals surface area contributed by atoms with Gasteiger partial charge in [-0.1, -0.05) is 12.1 Å². The van der Waals surface area contributed by atoms with Crippen LogP contribution in [0.3, 0.4) is 0 Å². The summed E-state index contributed by atoms with van der Waals surface area (Å²) in [6.07, 6.45) is 0. The molecule has 0 spiro atoms. The van der Waals surface area contributed by atoms with Crippen LogP contribution in [0.2, 0.25) is 0 Å². The van der Waals surface area contributed by atoms with Gasteiger partial charge in [-0.05, 0) is 24.3 Å². The highest BCUT2D eigenvalue weighted by molar-refractivity contribution is 5.53. The summed E-state index contributed by atoms with van der Waals surface area (Å²) in [7, 11) is 4.90. The molecule has 1 saturated heterocycles. The van der Waals surface area contributed by atoms with E-state index in [2.05, 4.69) is 0 Å². The van der Waals surface area contributed by atoms with Crippen LogP contribution < -0.4 is 24.0 Å².